The first-order chi connectivity index (χ1) is 26.7. The molecule has 2 aromatic heterocycles. The lowest BCUT2D eigenvalue weighted by Gasteiger charge is -2.16. The van der Waals surface area contributed by atoms with E-state index in [9.17, 15) is 0 Å². The molecule has 0 radical (unpaired) electrons. The zero-order chi connectivity index (χ0) is 36.6. The molecule has 0 amide bonds. The summed E-state index contributed by atoms with van der Waals surface area (Å²) in [6.07, 6.45) is 0. The highest BCUT2D eigenvalue weighted by Gasteiger charge is 2.17. The number of nitrogens with one attached hydrogen (secondary N) is 2. The predicted molar refractivity (Wildman–Crippen MR) is 230 cm³/mol. The summed E-state index contributed by atoms with van der Waals surface area (Å²) >= 11 is 0. The van der Waals surface area contributed by atoms with E-state index in [-0.39, 0.29) is 0 Å². The Morgan fingerprint density at radius 1 is 0.481 bits per heavy atom. The van der Waals surface area contributed by atoms with Crippen LogP contribution in [-0.2, 0) is 6.67 Å². The molecule has 0 saturated heterocycles. The van der Waals surface area contributed by atoms with E-state index in [1.54, 1.807) is 0 Å². The molecule has 0 atom stereocenters. The maximum absolute atomic E-state index is 9.05. The van der Waals surface area contributed by atoms with Crippen LogP contribution in [0.1, 0.15) is 11.1 Å². The van der Waals surface area contributed by atoms with Crippen LogP contribution >= 0.6 is 0 Å². The Labute approximate surface area is 314 Å². The van der Waals surface area contributed by atoms with Crippen molar-refractivity contribution in [3.05, 3.63) is 206 Å². The molecule has 2 N–H and O–H groups in total. The minimum absolute atomic E-state index is 0.503. The van der Waals surface area contributed by atoms with Crippen LogP contribution in [0.2, 0.25) is 0 Å². The lowest BCUT2D eigenvalue weighted by atomic mass is 10.0. The lowest BCUT2D eigenvalue weighted by Crippen LogP contribution is -2.12. The van der Waals surface area contributed by atoms with Gasteiger partial charge in [0.05, 0.1) is 34.4 Å². The van der Waals surface area contributed by atoms with Crippen LogP contribution in [0.25, 0.3) is 71.2 Å². The Balaban J connectivity index is 0.00000189. The van der Waals surface area contributed by atoms with Gasteiger partial charge in [-0.05, 0) is 76.5 Å². The second-order valence-electron chi connectivity index (χ2n) is 13.4. The Hall–Kier alpha value is -7.17. The average Bonchev–Trinajstić information content (AvgIpc) is 3.74. The van der Waals surface area contributed by atoms with Gasteiger partial charge in [0.25, 0.3) is 0 Å². The summed E-state index contributed by atoms with van der Waals surface area (Å²) in [7, 11) is 0. The van der Waals surface area contributed by atoms with Crippen LogP contribution in [0.4, 0.5) is 5.69 Å². The van der Waals surface area contributed by atoms with Gasteiger partial charge in [-0.25, -0.2) is 0 Å². The number of nitrogens with zero attached hydrogens (tertiary/aromatic N) is 2. The van der Waals surface area contributed by atoms with E-state index >= 15 is 0 Å². The van der Waals surface area contributed by atoms with Crippen LogP contribution < -0.4 is 5.32 Å². The first-order valence-electron chi connectivity index (χ1n) is 18.2. The minimum atomic E-state index is 0.503. The van der Waals surface area contributed by atoms with Crippen molar-refractivity contribution in [1.29, 1.82) is 5.41 Å². The molecule has 258 valence electrons. The van der Waals surface area contributed by atoms with Gasteiger partial charge >= 0.3 is 0 Å². The van der Waals surface area contributed by atoms with Gasteiger partial charge in [0.2, 0.25) is 0 Å². The number of hydrogen-bond donors (Lipinski definition) is 2. The fourth-order valence-electron chi connectivity index (χ4n) is 7.92. The topological polar surface area (TPSA) is 45.7 Å². The predicted octanol–water partition coefficient (Wildman–Crippen LogP) is 13.0. The molecule has 2 heterocycles. The molecule has 0 bridgehead atoms. The Kier molecular flexibility index (Phi) is 8.33. The van der Waals surface area contributed by atoms with E-state index in [1.165, 1.54) is 60.0 Å². The highest BCUT2D eigenvalue weighted by atomic mass is 15.1. The van der Waals surface area contributed by atoms with Crippen molar-refractivity contribution in [1.82, 2.24) is 9.13 Å². The summed E-state index contributed by atoms with van der Waals surface area (Å²) in [5.41, 5.74) is 11.5. The first-order valence-corrected chi connectivity index (χ1v) is 18.2. The molecular formula is C50H38N4. The molecule has 4 nitrogen and oxygen atoms in total. The summed E-state index contributed by atoms with van der Waals surface area (Å²) in [5.74, 6) is 0. The third-order valence-corrected chi connectivity index (χ3v) is 10.4. The van der Waals surface area contributed by atoms with Gasteiger partial charge in [-0.2, -0.15) is 0 Å². The second-order valence-corrected chi connectivity index (χ2v) is 13.4. The maximum atomic E-state index is 9.05. The maximum Gasteiger partial charge on any atom is 0.0926 e. The zero-order valence-corrected chi connectivity index (χ0v) is 29.8. The fraction of sp³-hybridized carbons (Fsp3) is 0.0200. The molecule has 0 unspecified atom stereocenters. The Morgan fingerprint density at radius 3 is 1.87 bits per heavy atom. The number of hydrogen-bond acceptors (Lipinski definition) is 2. The van der Waals surface area contributed by atoms with E-state index in [0.717, 1.165) is 28.0 Å². The summed E-state index contributed by atoms with van der Waals surface area (Å²) in [6.45, 7) is 6.55. The van der Waals surface area contributed by atoms with Crippen LogP contribution in [0.3, 0.4) is 0 Å². The second kappa shape index (κ2) is 13.8. The normalized spacial score (nSPS) is 11.3. The van der Waals surface area contributed by atoms with Crippen molar-refractivity contribution in [2.24, 2.45) is 0 Å². The van der Waals surface area contributed by atoms with E-state index in [0.29, 0.717) is 12.4 Å². The number of aromatic nitrogens is 2. The van der Waals surface area contributed by atoms with Crippen molar-refractivity contribution in [3.8, 4) is 16.8 Å². The summed E-state index contributed by atoms with van der Waals surface area (Å²) < 4.78 is 4.75. The molecule has 0 fully saturated rings. The average molecular weight is 695 g/mol. The van der Waals surface area contributed by atoms with Crippen LogP contribution in [0.15, 0.2) is 195 Å². The van der Waals surface area contributed by atoms with Crippen LogP contribution in [0.5, 0.6) is 0 Å². The minimum Gasteiger partial charge on any atom is -0.367 e. The number of benzene rings is 8. The molecule has 0 aliphatic heterocycles. The van der Waals surface area contributed by atoms with Gasteiger partial charge in [0, 0.05) is 44.0 Å². The molecule has 8 aromatic carbocycles. The summed E-state index contributed by atoms with van der Waals surface area (Å²) in [6, 6.07) is 64.4. The summed E-state index contributed by atoms with van der Waals surface area (Å²) in [5, 5.41) is 20.2. The lowest BCUT2D eigenvalue weighted by molar-refractivity contribution is 0.841. The first kappa shape index (κ1) is 32.7. The van der Waals surface area contributed by atoms with Crippen molar-refractivity contribution >= 4 is 65.8 Å². The van der Waals surface area contributed by atoms with Crippen LogP contribution in [-0.4, -0.2) is 14.8 Å². The van der Waals surface area contributed by atoms with Crippen molar-refractivity contribution in [2.45, 2.75) is 6.67 Å². The Bertz CT molecular complexity index is 2990. The molecule has 0 saturated carbocycles. The highest BCUT2D eigenvalue weighted by molar-refractivity contribution is 6.15. The smallest absolute Gasteiger partial charge is 0.0926 e. The monoisotopic (exact) mass is 694 g/mol. The van der Waals surface area contributed by atoms with Gasteiger partial charge in [-0.3, -0.25) is 5.41 Å². The van der Waals surface area contributed by atoms with E-state index in [4.69, 9.17) is 5.41 Å². The molecule has 0 aliphatic carbocycles. The van der Waals surface area contributed by atoms with Gasteiger partial charge in [0.1, 0.15) is 0 Å². The van der Waals surface area contributed by atoms with Crippen molar-refractivity contribution < 1.29 is 0 Å². The molecule has 10 aromatic rings. The van der Waals surface area contributed by atoms with Gasteiger partial charge in [0.15, 0.2) is 0 Å². The molecule has 0 spiro atoms. The molecule has 10 rings (SSSR count). The molecular weight excluding hydrogens is 657 g/mol. The van der Waals surface area contributed by atoms with Gasteiger partial charge in [-0.1, -0.05) is 127 Å². The number of rotatable bonds is 7. The van der Waals surface area contributed by atoms with Gasteiger partial charge in [-0.15, -0.1) is 13.2 Å². The number of anilines is 1. The van der Waals surface area contributed by atoms with E-state index in [2.05, 4.69) is 161 Å². The standard InChI is InChI=1S/C48H34N4.C2H4/c49-48(32-13-3-1-4-14-32)40-20-9-11-21-43(40)50-31-51-46-30-36(23-25-39(46)42-27-33-15-7-8-16-34(33)29-47(42)51)35-24-26-45-41(28-35)38-19-10-12-22-44(38)52(45)37-17-5-2-6-18-37;1-2/h1-30,49-50H,31H2;1-2H2. The zero-order valence-electron chi connectivity index (χ0n) is 29.8. The SMILES string of the molecule is C=C.N=C(c1ccccc1)c1ccccc1NCn1c2cc(-c3ccc4c(c3)c3ccccc3n4-c3ccccc3)ccc2c2cc3ccccc3cc21. The van der Waals surface area contributed by atoms with Gasteiger partial charge < -0.3 is 14.5 Å². The molecule has 0 aliphatic rings. The third kappa shape index (κ3) is 5.53. The third-order valence-electron chi connectivity index (χ3n) is 10.4. The fourth-order valence-corrected chi connectivity index (χ4v) is 7.92. The molecule has 4 heteroatoms. The largest absolute Gasteiger partial charge is 0.367 e. The van der Waals surface area contributed by atoms with Crippen molar-refractivity contribution in [2.75, 3.05) is 5.32 Å². The summed E-state index contributed by atoms with van der Waals surface area (Å²) in [4.78, 5) is 0. The quantitative estimate of drug-likeness (QED) is 0.127. The van der Waals surface area contributed by atoms with E-state index < -0.39 is 0 Å². The van der Waals surface area contributed by atoms with Crippen molar-refractivity contribution in [3.63, 3.8) is 0 Å². The number of fused-ring (bicyclic) bond motifs is 7. The van der Waals surface area contributed by atoms with Crippen LogP contribution in [0, 0.1) is 5.41 Å². The molecule has 54 heavy (non-hydrogen) atoms. The Morgan fingerprint density at radius 2 is 1.06 bits per heavy atom. The highest BCUT2D eigenvalue weighted by Crippen LogP contribution is 2.38. The van der Waals surface area contributed by atoms with E-state index in [1.807, 2.05) is 48.5 Å². The number of para-hydroxylation sites is 3.